The summed E-state index contributed by atoms with van der Waals surface area (Å²) in [5, 5.41) is 12.0. The molecule has 0 aliphatic carbocycles. The highest BCUT2D eigenvalue weighted by Crippen LogP contribution is 2.28. The number of pyridine rings is 1. The number of nitrogens with zero attached hydrogens (tertiary/aromatic N) is 1. The first-order valence-electron chi connectivity index (χ1n) is 5.97. The monoisotopic (exact) mass is 263 g/mol. The van der Waals surface area contributed by atoms with Gasteiger partial charge in [-0.05, 0) is 24.1 Å². The molecule has 1 unspecified atom stereocenters. The zero-order chi connectivity index (χ0) is 13.0. The maximum absolute atomic E-state index is 10.1. The Hall–Kier alpha value is -1.39. The molecule has 3 nitrogen and oxygen atoms in total. The van der Waals surface area contributed by atoms with E-state index in [-0.39, 0.29) is 0 Å². The van der Waals surface area contributed by atoms with E-state index in [0.29, 0.717) is 6.42 Å². The first-order valence-corrected chi connectivity index (χ1v) is 6.85. The van der Waals surface area contributed by atoms with Gasteiger partial charge in [0.1, 0.15) is 5.75 Å². The minimum atomic E-state index is -0.515. The predicted molar refractivity (Wildman–Crippen MR) is 73.1 cm³/mol. The van der Waals surface area contributed by atoms with Gasteiger partial charge in [0.25, 0.3) is 0 Å². The summed E-state index contributed by atoms with van der Waals surface area (Å²) in [4.78, 5) is 5.27. The average Bonchev–Trinajstić information content (AvgIpc) is 2.88. The molecule has 2 rings (SSSR count). The summed E-state index contributed by atoms with van der Waals surface area (Å²) in [6, 6.07) is 5.91. The Morgan fingerprint density at radius 1 is 1.44 bits per heavy atom. The molecule has 0 aliphatic rings. The number of hydrogen-bond acceptors (Lipinski definition) is 4. The predicted octanol–water partition coefficient (Wildman–Crippen LogP) is 2.99. The zero-order valence-electron chi connectivity index (χ0n) is 10.6. The number of methoxy groups -OCH3 is 1. The molecule has 18 heavy (non-hydrogen) atoms. The van der Waals surface area contributed by atoms with Crippen molar-refractivity contribution in [1.82, 2.24) is 4.98 Å². The van der Waals surface area contributed by atoms with Crippen LogP contribution in [0.1, 0.15) is 29.2 Å². The molecule has 0 amide bonds. The van der Waals surface area contributed by atoms with Crippen molar-refractivity contribution in [3.05, 3.63) is 45.9 Å². The van der Waals surface area contributed by atoms with Crippen LogP contribution in [0, 0.1) is 0 Å². The van der Waals surface area contributed by atoms with Gasteiger partial charge in [0.2, 0.25) is 0 Å². The fourth-order valence-electron chi connectivity index (χ4n) is 1.70. The molecule has 0 radical (unpaired) electrons. The van der Waals surface area contributed by atoms with E-state index < -0.39 is 6.10 Å². The van der Waals surface area contributed by atoms with Crippen molar-refractivity contribution in [1.29, 1.82) is 0 Å². The van der Waals surface area contributed by atoms with Gasteiger partial charge < -0.3 is 9.84 Å². The van der Waals surface area contributed by atoms with Crippen LogP contribution >= 0.6 is 11.3 Å². The lowest BCUT2D eigenvalue weighted by molar-refractivity contribution is 0.181. The summed E-state index contributed by atoms with van der Waals surface area (Å²) in [6.07, 6.45) is 2.88. The second kappa shape index (κ2) is 5.98. The SMILES string of the molecule is CCc1ccc(CC(O)c2cc(OC)cs2)nc1. The highest BCUT2D eigenvalue weighted by Gasteiger charge is 2.12. The summed E-state index contributed by atoms with van der Waals surface area (Å²) in [5.41, 5.74) is 2.12. The average molecular weight is 263 g/mol. The first-order chi connectivity index (χ1) is 8.72. The van der Waals surface area contributed by atoms with Gasteiger partial charge in [-0.2, -0.15) is 0 Å². The van der Waals surface area contributed by atoms with Gasteiger partial charge in [-0.15, -0.1) is 11.3 Å². The fraction of sp³-hybridized carbons (Fsp3) is 0.357. The Labute approximate surface area is 111 Å². The maximum atomic E-state index is 10.1. The lowest BCUT2D eigenvalue weighted by Gasteiger charge is -2.08. The largest absolute Gasteiger partial charge is 0.496 e. The molecule has 2 aromatic rings. The van der Waals surface area contributed by atoms with Gasteiger partial charge in [0, 0.05) is 28.6 Å². The number of aliphatic hydroxyl groups excluding tert-OH is 1. The zero-order valence-corrected chi connectivity index (χ0v) is 11.4. The number of rotatable bonds is 5. The molecule has 0 aromatic carbocycles. The minimum Gasteiger partial charge on any atom is -0.496 e. The first kappa shape index (κ1) is 13.1. The molecule has 0 aliphatic heterocycles. The number of thiophene rings is 1. The van der Waals surface area contributed by atoms with E-state index in [4.69, 9.17) is 4.74 Å². The highest BCUT2D eigenvalue weighted by atomic mass is 32.1. The quantitative estimate of drug-likeness (QED) is 0.901. The second-order valence-electron chi connectivity index (χ2n) is 4.12. The van der Waals surface area contributed by atoms with Crippen LogP contribution in [0.25, 0.3) is 0 Å². The summed E-state index contributed by atoms with van der Waals surface area (Å²) in [5.74, 6) is 0.795. The van der Waals surface area contributed by atoms with Gasteiger partial charge in [0.15, 0.2) is 0 Å². The van der Waals surface area contributed by atoms with Crippen molar-refractivity contribution in [2.45, 2.75) is 25.9 Å². The summed E-state index contributed by atoms with van der Waals surface area (Å²) in [7, 11) is 1.63. The van der Waals surface area contributed by atoms with Crippen molar-refractivity contribution in [3.63, 3.8) is 0 Å². The third-order valence-corrected chi connectivity index (χ3v) is 3.87. The van der Waals surface area contributed by atoms with E-state index in [0.717, 1.165) is 22.7 Å². The molecule has 2 heterocycles. The number of hydrogen-bond donors (Lipinski definition) is 1. The van der Waals surface area contributed by atoms with Crippen LogP contribution in [0.5, 0.6) is 5.75 Å². The molecule has 96 valence electrons. The smallest absolute Gasteiger partial charge is 0.129 e. The summed E-state index contributed by atoms with van der Waals surface area (Å²) in [6.45, 7) is 2.10. The second-order valence-corrected chi connectivity index (χ2v) is 5.06. The standard InChI is InChI=1S/C14H17NO2S/c1-3-10-4-5-11(15-8-10)6-13(16)14-7-12(17-2)9-18-14/h4-5,7-9,13,16H,3,6H2,1-2H3. The van der Waals surface area contributed by atoms with Gasteiger partial charge in [-0.1, -0.05) is 13.0 Å². The van der Waals surface area contributed by atoms with Crippen LogP contribution in [-0.2, 0) is 12.8 Å². The van der Waals surface area contributed by atoms with Crippen molar-refractivity contribution in [2.75, 3.05) is 7.11 Å². The molecule has 4 heteroatoms. The van der Waals surface area contributed by atoms with Gasteiger partial charge in [0.05, 0.1) is 13.2 Å². The molecule has 2 aromatic heterocycles. The number of ether oxygens (including phenoxy) is 1. The number of aryl methyl sites for hydroxylation is 1. The maximum Gasteiger partial charge on any atom is 0.129 e. The van der Waals surface area contributed by atoms with E-state index in [1.807, 2.05) is 23.7 Å². The fourth-order valence-corrected chi connectivity index (χ4v) is 2.54. The lowest BCUT2D eigenvalue weighted by Crippen LogP contribution is -2.01. The summed E-state index contributed by atoms with van der Waals surface area (Å²) >= 11 is 1.51. The van der Waals surface area contributed by atoms with Crippen LogP contribution in [0.15, 0.2) is 29.8 Å². The Bertz CT molecular complexity index is 493. The highest BCUT2D eigenvalue weighted by molar-refractivity contribution is 7.10. The molecular weight excluding hydrogens is 246 g/mol. The van der Waals surface area contributed by atoms with Crippen LogP contribution in [0.2, 0.25) is 0 Å². The lowest BCUT2D eigenvalue weighted by atomic mass is 10.1. The van der Waals surface area contributed by atoms with Crippen molar-refractivity contribution < 1.29 is 9.84 Å². The van der Waals surface area contributed by atoms with E-state index in [1.165, 1.54) is 16.9 Å². The molecule has 1 atom stereocenters. The molecule has 1 N–H and O–H groups in total. The van der Waals surface area contributed by atoms with E-state index in [9.17, 15) is 5.11 Å². The third kappa shape index (κ3) is 3.09. The third-order valence-electron chi connectivity index (χ3n) is 2.86. The molecular formula is C14H17NO2S. The Balaban J connectivity index is 2.03. The van der Waals surface area contributed by atoms with Gasteiger partial charge in [-0.3, -0.25) is 4.98 Å². The molecule has 0 saturated carbocycles. The van der Waals surface area contributed by atoms with Crippen LogP contribution < -0.4 is 4.74 Å². The van der Waals surface area contributed by atoms with Crippen molar-refractivity contribution in [3.8, 4) is 5.75 Å². The molecule has 0 bridgehead atoms. The van der Waals surface area contributed by atoms with Crippen LogP contribution in [0.3, 0.4) is 0 Å². The van der Waals surface area contributed by atoms with Crippen molar-refractivity contribution in [2.24, 2.45) is 0 Å². The Kier molecular flexibility index (Phi) is 4.33. The normalized spacial score (nSPS) is 12.4. The van der Waals surface area contributed by atoms with E-state index in [1.54, 1.807) is 7.11 Å². The minimum absolute atomic E-state index is 0.515. The number of aliphatic hydroxyl groups is 1. The molecule has 0 fully saturated rings. The van der Waals surface area contributed by atoms with Crippen LogP contribution in [0.4, 0.5) is 0 Å². The van der Waals surface area contributed by atoms with Crippen molar-refractivity contribution >= 4 is 11.3 Å². The Morgan fingerprint density at radius 2 is 2.28 bits per heavy atom. The van der Waals surface area contributed by atoms with Crippen LogP contribution in [-0.4, -0.2) is 17.2 Å². The van der Waals surface area contributed by atoms with E-state index in [2.05, 4.69) is 18.0 Å². The van der Waals surface area contributed by atoms with E-state index >= 15 is 0 Å². The van der Waals surface area contributed by atoms with Gasteiger partial charge in [-0.25, -0.2) is 0 Å². The number of aromatic nitrogens is 1. The topological polar surface area (TPSA) is 42.4 Å². The molecule has 0 spiro atoms. The summed E-state index contributed by atoms with van der Waals surface area (Å²) < 4.78 is 5.11. The Morgan fingerprint density at radius 3 is 2.83 bits per heavy atom. The molecule has 0 saturated heterocycles. The van der Waals surface area contributed by atoms with Gasteiger partial charge >= 0.3 is 0 Å².